The summed E-state index contributed by atoms with van der Waals surface area (Å²) in [7, 11) is 0. The maximum atomic E-state index is 13.1. The number of pyridine rings is 1. The highest BCUT2D eigenvalue weighted by atomic mass is 19.1. The Morgan fingerprint density at radius 2 is 1.85 bits per heavy atom. The fraction of sp³-hybridized carbons (Fsp3) is 0.238. The molecule has 0 unspecified atom stereocenters. The highest BCUT2D eigenvalue weighted by Gasteiger charge is 2.22. The Hall–Kier alpha value is -2.99. The van der Waals surface area contributed by atoms with Crippen molar-refractivity contribution in [3.8, 4) is 0 Å². The number of anilines is 1. The number of aromatic nitrogens is 1. The number of H-pyrrole nitrogens is 1. The summed E-state index contributed by atoms with van der Waals surface area (Å²) in [5.74, 6) is 0.498. The summed E-state index contributed by atoms with van der Waals surface area (Å²) >= 11 is 0. The lowest BCUT2D eigenvalue weighted by atomic mass is 10.1. The Kier molecular flexibility index (Phi) is 4.98. The fourth-order valence-corrected chi connectivity index (χ4v) is 3.24. The second kappa shape index (κ2) is 7.72. The van der Waals surface area contributed by atoms with Crippen molar-refractivity contribution >= 4 is 22.6 Å². The van der Waals surface area contributed by atoms with Crippen LogP contribution in [0.4, 0.5) is 10.2 Å². The first-order valence-electron chi connectivity index (χ1n) is 9.01. The summed E-state index contributed by atoms with van der Waals surface area (Å²) in [6.45, 7) is 2.87. The summed E-state index contributed by atoms with van der Waals surface area (Å²) in [4.78, 5) is 18.2. The molecule has 1 saturated heterocycles. The van der Waals surface area contributed by atoms with Gasteiger partial charge in [-0.15, -0.1) is 0 Å². The molecule has 1 amide bonds. The van der Waals surface area contributed by atoms with Gasteiger partial charge in [0.25, 0.3) is 11.7 Å². The van der Waals surface area contributed by atoms with Crippen molar-refractivity contribution in [2.24, 2.45) is 0 Å². The molecule has 0 radical (unpaired) electrons. The molecule has 27 heavy (non-hydrogen) atoms. The molecule has 0 saturated carbocycles. The Bertz CT molecular complexity index is 953. The lowest BCUT2D eigenvalue weighted by Crippen LogP contribution is -2.41. The van der Waals surface area contributed by atoms with Gasteiger partial charge in [0.2, 0.25) is 0 Å². The number of halogens is 1. The van der Waals surface area contributed by atoms with Gasteiger partial charge in [-0.2, -0.15) is 0 Å². The predicted molar refractivity (Wildman–Crippen MR) is 101 cm³/mol. The highest BCUT2D eigenvalue weighted by molar-refractivity contribution is 6.06. The van der Waals surface area contributed by atoms with Gasteiger partial charge in [-0.25, -0.2) is 9.37 Å². The number of benzene rings is 2. The van der Waals surface area contributed by atoms with Crippen molar-refractivity contribution in [1.82, 2.24) is 4.90 Å². The van der Waals surface area contributed by atoms with Crippen molar-refractivity contribution in [3.05, 3.63) is 71.5 Å². The maximum Gasteiger partial charge on any atom is 0.273 e. The molecule has 0 bridgehead atoms. The van der Waals surface area contributed by atoms with Gasteiger partial charge in [0, 0.05) is 24.5 Å². The number of fused-ring (bicyclic) bond motifs is 1. The molecule has 4 rings (SSSR count). The number of aromatic amines is 1. The SMILES string of the molecule is O=C(c1cc(NCc2ccc(F)cc2)[nH+]c2ccccc12)N1CCOCC1. The van der Waals surface area contributed by atoms with E-state index < -0.39 is 0 Å². The van der Waals surface area contributed by atoms with E-state index in [0.717, 1.165) is 22.3 Å². The van der Waals surface area contributed by atoms with E-state index in [0.29, 0.717) is 38.4 Å². The van der Waals surface area contributed by atoms with E-state index in [1.165, 1.54) is 12.1 Å². The number of ether oxygens (including phenoxy) is 1. The number of carbonyl (C=O) groups is 1. The van der Waals surface area contributed by atoms with E-state index in [-0.39, 0.29) is 11.7 Å². The van der Waals surface area contributed by atoms with E-state index >= 15 is 0 Å². The van der Waals surface area contributed by atoms with Gasteiger partial charge in [0.1, 0.15) is 17.9 Å². The average Bonchev–Trinajstić information content (AvgIpc) is 2.73. The van der Waals surface area contributed by atoms with Crippen LogP contribution in [0.25, 0.3) is 10.9 Å². The predicted octanol–water partition coefficient (Wildman–Crippen LogP) is 2.88. The van der Waals surface area contributed by atoms with Crippen LogP contribution in [0.15, 0.2) is 54.6 Å². The van der Waals surface area contributed by atoms with Crippen molar-refractivity contribution in [1.29, 1.82) is 0 Å². The molecule has 1 aliphatic heterocycles. The molecule has 1 aromatic heterocycles. The third-order valence-electron chi connectivity index (χ3n) is 4.70. The van der Waals surface area contributed by atoms with E-state index in [9.17, 15) is 9.18 Å². The fourth-order valence-electron chi connectivity index (χ4n) is 3.24. The molecule has 0 spiro atoms. The number of rotatable bonds is 4. The highest BCUT2D eigenvalue weighted by Crippen LogP contribution is 2.20. The molecule has 1 fully saturated rings. The van der Waals surface area contributed by atoms with Crippen LogP contribution in [0.3, 0.4) is 0 Å². The Morgan fingerprint density at radius 1 is 1.11 bits per heavy atom. The van der Waals surface area contributed by atoms with Gasteiger partial charge in [-0.05, 0) is 29.8 Å². The topological polar surface area (TPSA) is 55.7 Å². The number of nitrogens with one attached hydrogen (secondary N) is 2. The van der Waals surface area contributed by atoms with Crippen LogP contribution < -0.4 is 10.3 Å². The molecule has 2 aromatic carbocycles. The smallest absolute Gasteiger partial charge is 0.273 e. The first kappa shape index (κ1) is 17.4. The van der Waals surface area contributed by atoms with Gasteiger partial charge < -0.3 is 9.64 Å². The number of morpholine rings is 1. The van der Waals surface area contributed by atoms with Crippen LogP contribution in [0.5, 0.6) is 0 Å². The lowest BCUT2D eigenvalue weighted by molar-refractivity contribution is -0.327. The third-order valence-corrected chi connectivity index (χ3v) is 4.70. The van der Waals surface area contributed by atoms with Gasteiger partial charge in [-0.1, -0.05) is 24.3 Å². The summed E-state index contributed by atoms with van der Waals surface area (Å²) < 4.78 is 18.4. The minimum absolute atomic E-state index is 0.00771. The zero-order valence-electron chi connectivity index (χ0n) is 14.9. The van der Waals surface area contributed by atoms with Gasteiger partial charge in [-0.3, -0.25) is 10.1 Å². The number of nitrogens with zero attached hydrogens (tertiary/aromatic N) is 1. The molecule has 1 aliphatic rings. The van der Waals surface area contributed by atoms with Crippen molar-refractivity contribution in [3.63, 3.8) is 0 Å². The van der Waals surface area contributed by atoms with Crippen LogP contribution in [-0.2, 0) is 11.3 Å². The summed E-state index contributed by atoms with van der Waals surface area (Å²) in [6, 6.07) is 16.0. The molecular weight excluding hydrogens is 345 g/mol. The van der Waals surface area contributed by atoms with E-state index in [1.54, 1.807) is 12.1 Å². The van der Waals surface area contributed by atoms with E-state index in [2.05, 4.69) is 10.3 Å². The zero-order valence-corrected chi connectivity index (χ0v) is 14.9. The van der Waals surface area contributed by atoms with Crippen LogP contribution in [0.1, 0.15) is 15.9 Å². The van der Waals surface area contributed by atoms with Crippen molar-refractivity contribution in [2.75, 3.05) is 31.6 Å². The largest absolute Gasteiger partial charge is 0.378 e. The number of amides is 1. The van der Waals surface area contributed by atoms with Crippen LogP contribution in [-0.4, -0.2) is 37.1 Å². The lowest BCUT2D eigenvalue weighted by Gasteiger charge is -2.27. The van der Waals surface area contributed by atoms with Gasteiger partial charge >= 0.3 is 0 Å². The van der Waals surface area contributed by atoms with Crippen LogP contribution in [0.2, 0.25) is 0 Å². The summed E-state index contributed by atoms with van der Waals surface area (Å²) in [5.41, 5.74) is 2.50. The Labute approximate surface area is 156 Å². The molecular formula is C21H21FN3O2+. The molecule has 138 valence electrons. The van der Waals surface area contributed by atoms with Crippen LogP contribution in [0, 0.1) is 5.82 Å². The second-order valence-electron chi connectivity index (χ2n) is 6.53. The average molecular weight is 366 g/mol. The van der Waals surface area contributed by atoms with Gasteiger partial charge in [0.15, 0.2) is 0 Å². The van der Waals surface area contributed by atoms with Gasteiger partial charge in [0.05, 0.1) is 18.8 Å². The van der Waals surface area contributed by atoms with Crippen molar-refractivity contribution < 1.29 is 18.9 Å². The van der Waals surface area contributed by atoms with Crippen LogP contribution >= 0.6 is 0 Å². The Balaban J connectivity index is 1.63. The monoisotopic (exact) mass is 366 g/mol. The molecule has 2 N–H and O–H groups in total. The molecule has 3 aromatic rings. The van der Waals surface area contributed by atoms with E-state index in [4.69, 9.17) is 4.74 Å². The number of carbonyl (C=O) groups excluding carboxylic acids is 1. The summed E-state index contributed by atoms with van der Waals surface area (Å²) in [6.07, 6.45) is 0. The minimum Gasteiger partial charge on any atom is -0.378 e. The van der Waals surface area contributed by atoms with Crippen molar-refractivity contribution in [2.45, 2.75) is 6.54 Å². The normalized spacial score (nSPS) is 14.3. The molecule has 0 aliphatic carbocycles. The minimum atomic E-state index is -0.255. The number of para-hydroxylation sites is 1. The molecule has 0 atom stereocenters. The zero-order chi connectivity index (χ0) is 18.6. The number of hydrogen-bond donors (Lipinski definition) is 1. The number of hydrogen-bond acceptors (Lipinski definition) is 3. The van der Waals surface area contributed by atoms with E-state index in [1.807, 2.05) is 35.2 Å². The molecule has 6 heteroatoms. The standard InChI is InChI=1S/C21H20FN3O2/c22-16-7-5-15(6-8-16)14-23-20-13-18(17-3-1-2-4-19(17)24-20)21(26)25-9-11-27-12-10-25/h1-8,13H,9-12,14H2,(H,23,24)/p+1. The first-order chi connectivity index (χ1) is 13.2. The maximum absolute atomic E-state index is 13.1. The molecule has 5 nitrogen and oxygen atoms in total. The Morgan fingerprint density at radius 3 is 2.63 bits per heavy atom. The summed E-state index contributed by atoms with van der Waals surface area (Å²) in [5, 5.41) is 4.19. The first-order valence-corrected chi connectivity index (χ1v) is 9.01. The molecule has 2 heterocycles. The third kappa shape index (κ3) is 3.90. The second-order valence-corrected chi connectivity index (χ2v) is 6.53. The quantitative estimate of drug-likeness (QED) is 0.773.